The summed E-state index contributed by atoms with van der Waals surface area (Å²) < 4.78 is 0. The molecule has 0 aromatic rings. The van der Waals surface area contributed by atoms with Gasteiger partial charge >= 0.3 is 0 Å². The van der Waals surface area contributed by atoms with Crippen LogP contribution < -0.4 is 0 Å². The summed E-state index contributed by atoms with van der Waals surface area (Å²) in [5, 5.41) is 0. The summed E-state index contributed by atoms with van der Waals surface area (Å²) in [4.78, 5) is 29.1. The van der Waals surface area contributed by atoms with Gasteiger partial charge in [0.25, 0.3) is 0 Å². The minimum atomic E-state index is 0.168. The molecule has 0 aromatic heterocycles. The van der Waals surface area contributed by atoms with Crippen molar-refractivity contribution < 1.29 is 9.59 Å². The van der Waals surface area contributed by atoms with Gasteiger partial charge in [0.2, 0.25) is 5.91 Å². The molecule has 4 nitrogen and oxygen atoms in total. The lowest BCUT2D eigenvalue weighted by atomic mass is 9.86. The quantitative estimate of drug-likeness (QED) is 0.702. The Balaban J connectivity index is 1.69. The molecule has 2 saturated heterocycles. The summed E-state index contributed by atoms with van der Waals surface area (Å²) in [5.41, 5.74) is 0. The van der Waals surface area contributed by atoms with E-state index in [0.29, 0.717) is 30.1 Å². The van der Waals surface area contributed by atoms with Crippen LogP contribution in [0.4, 0.5) is 0 Å². The van der Waals surface area contributed by atoms with Crippen molar-refractivity contribution in [2.75, 3.05) is 26.2 Å². The zero-order chi connectivity index (χ0) is 18.4. The number of Topliss-reactive ketones (excluding diaryl/α,β-unsaturated/α-hetero) is 1. The van der Waals surface area contributed by atoms with E-state index in [9.17, 15) is 9.59 Å². The maximum atomic E-state index is 12.3. The van der Waals surface area contributed by atoms with Crippen molar-refractivity contribution >= 4 is 11.7 Å². The Morgan fingerprint density at radius 3 is 2.04 bits per heavy atom. The van der Waals surface area contributed by atoms with Crippen molar-refractivity contribution in [2.24, 2.45) is 17.8 Å². The third-order valence-electron chi connectivity index (χ3n) is 6.01. The second kappa shape index (κ2) is 9.70. The Morgan fingerprint density at radius 2 is 1.52 bits per heavy atom. The predicted octanol–water partition coefficient (Wildman–Crippen LogP) is 3.74. The highest BCUT2D eigenvalue weighted by Crippen LogP contribution is 2.26. The van der Waals surface area contributed by atoms with Gasteiger partial charge in [-0.2, -0.15) is 0 Å². The van der Waals surface area contributed by atoms with Gasteiger partial charge in [-0.3, -0.25) is 9.59 Å². The molecule has 0 unspecified atom stereocenters. The summed E-state index contributed by atoms with van der Waals surface area (Å²) >= 11 is 0. The molecule has 2 fully saturated rings. The predicted molar refractivity (Wildman–Crippen MR) is 102 cm³/mol. The van der Waals surface area contributed by atoms with Crippen molar-refractivity contribution in [1.29, 1.82) is 0 Å². The molecule has 25 heavy (non-hydrogen) atoms. The Kier molecular flexibility index (Phi) is 7.92. The Bertz CT molecular complexity index is 431. The average molecular weight is 351 g/mol. The van der Waals surface area contributed by atoms with E-state index in [2.05, 4.69) is 23.6 Å². The number of carbonyl (C=O) groups is 2. The number of likely N-dealkylation sites (tertiary alicyclic amines) is 2. The molecule has 0 aromatic carbocycles. The van der Waals surface area contributed by atoms with Crippen molar-refractivity contribution in [3.8, 4) is 0 Å². The zero-order valence-corrected chi connectivity index (χ0v) is 16.8. The molecule has 144 valence electrons. The van der Waals surface area contributed by atoms with Crippen LogP contribution in [0.3, 0.4) is 0 Å². The number of carbonyl (C=O) groups excluding carboxylic acids is 2. The van der Waals surface area contributed by atoms with E-state index in [1.165, 1.54) is 0 Å². The Labute approximate surface area is 154 Å². The highest BCUT2D eigenvalue weighted by atomic mass is 16.2. The molecule has 4 heteroatoms. The molecular formula is C21H38N2O2. The van der Waals surface area contributed by atoms with Gasteiger partial charge < -0.3 is 9.80 Å². The molecule has 2 rings (SSSR count). The Hall–Kier alpha value is -0.900. The van der Waals surface area contributed by atoms with Crippen molar-refractivity contribution in [3.63, 3.8) is 0 Å². The van der Waals surface area contributed by atoms with Gasteiger partial charge in [-0.05, 0) is 51.1 Å². The van der Waals surface area contributed by atoms with Crippen LogP contribution in [0.2, 0.25) is 0 Å². The summed E-state index contributed by atoms with van der Waals surface area (Å²) in [6, 6.07) is 0.606. The average Bonchev–Trinajstić information content (AvgIpc) is 2.61. The van der Waals surface area contributed by atoms with Gasteiger partial charge in [-0.1, -0.05) is 34.1 Å². The van der Waals surface area contributed by atoms with E-state index >= 15 is 0 Å². The third-order valence-corrected chi connectivity index (χ3v) is 6.01. The first kappa shape index (κ1) is 20.4. The second-order valence-electron chi connectivity index (χ2n) is 8.77. The molecule has 0 saturated carbocycles. The molecule has 1 amide bonds. The monoisotopic (exact) mass is 350 g/mol. The largest absolute Gasteiger partial charge is 0.343 e. The lowest BCUT2D eigenvalue weighted by molar-refractivity contribution is -0.133. The van der Waals surface area contributed by atoms with Crippen LogP contribution in [0.5, 0.6) is 0 Å². The molecule has 0 aliphatic carbocycles. The molecule has 0 bridgehead atoms. The number of hydrogen-bond acceptors (Lipinski definition) is 3. The maximum Gasteiger partial charge on any atom is 0.222 e. The normalized spacial score (nSPS) is 21.3. The summed E-state index contributed by atoms with van der Waals surface area (Å²) in [7, 11) is 0. The van der Waals surface area contributed by atoms with Gasteiger partial charge in [0.1, 0.15) is 5.78 Å². The van der Waals surface area contributed by atoms with Crippen LogP contribution in [0.25, 0.3) is 0 Å². The van der Waals surface area contributed by atoms with Crippen LogP contribution >= 0.6 is 0 Å². The van der Waals surface area contributed by atoms with Gasteiger partial charge in [0, 0.05) is 37.4 Å². The summed E-state index contributed by atoms with van der Waals surface area (Å²) in [6.07, 6.45) is 7.11. The fourth-order valence-corrected chi connectivity index (χ4v) is 4.32. The van der Waals surface area contributed by atoms with E-state index in [0.717, 1.165) is 64.7 Å². The zero-order valence-electron chi connectivity index (χ0n) is 16.8. The smallest absolute Gasteiger partial charge is 0.222 e. The molecule has 0 atom stereocenters. The van der Waals surface area contributed by atoms with Crippen LogP contribution in [0, 0.1) is 17.8 Å². The van der Waals surface area contributed by atoms with Crippen LogP contribution in [-0.2, 0) is 9.59 Å². The summed E-state index contributed by atoms with van der Waals surface area (Å²) in [5.74, 6) is 1.92. The fraction of sp³-hybridized carbons (Fsp3) is 0.905. The number of ketones is 1. The van der Waals surface area contributed by atoms with E-state index < -0.39 is 0 Å². The number of piperidine rings is 2. The maximum absolute atomic E-state index is 12.3. The molecule has 0 N–H and O–H groups in total. The molecule has 2 aliphatic heterocycles. The Morgan fingerprint density at radius 1 is 0.920 bits per heavy atom. The van der Waals surface area contributed by atoms with Crippen molar-refractivity contribution in [3.05, 3.63) is 0 Å². The van der Waals surface area contributed by atoms with Gasteiger partial charge in [0.05, 0.1) is 0 Å². The first-order valence-electron chi connectivity index (χ1n) is 10.4. The highest BCUT2D eigenvalue weighted by Gasteiger charge is 2.31. The first-order chi connectivity index (χ1) is 11.9. The minimum absolute atomic E-state index is 0.168. The third kappa shape index (κ3) is 6.09. The molecule has 2 heterocycles. The van der Waals surface area contributed by atoms with Crippen LogP contribution in [0.15, 0.2) is 0 Å². The minimum Gasteiger partial charge on any atom is -0.343 e. The topological polar surface area (TPSA) is 40.6 Å². The first-order valence-corrected chi connectivity index (χ1v) is 10.4. The van der Waals surface area contributed by atoms with Gasteiger partial charge in [-0.15, -0.1) is 0 Å². The molecular weight excluding hydrogens is 312 g/mol. The number of nitrogens with zero attached hydrogens (tertiary/aromatic N) is 2. The fourth-order valence-electron chi connectivity index (χ4n) is 4.32. The SMILES string of the molecule is CC(C)CCCC(=O)N1CCC(N2CCC(C(=O)C(C)C)CC2)CC1. The standard InChI is InChI=1S/C21H38N2O2/c1-16(2)6-5-7-20(24)23-14-10-19(11-15-23)22-12-8-18(9-13-22)21(25)17(3)4/h16-19H,5-15H2,1-4H3. The molecule has 0 radical (unpaired) electrons. The number of rotatable bonds is 7. The van der Waals surface area contributed by atoms with Crippen LogP contribution in [-0.4, -0.2) is 53.7 Å². The number of hydrogen-bond donors (Lipinski definition) is 0. The molecule has 0 spiro atoms. The summed E-state index contributed by atoms with van der Waals surface area (Å²) in [6.45, 7) is 12.4. The van der Waals surface area contributed by atoms with E-state index in [-0.39, 0.29) is 11.8 Å². The van der Waals surface area contributed by atoms with Gasteiger partial charge in [0.15, 0.2) is 0 Å². The van der Waals surface area contributed by atoms with E-state index in [1.54, 1.807) is 0 Å². The lowest BCUT2D eigenvalue weighted by Gasteiger charge is -2.41. The van der Waals surface area contributed by atoms with Gasteiger partial charge in [-0.25, -0.2) is 0 Å². The lowest BCUT2D eigenvalue weighted by Crippen LogP contribution is -2.49. The van der Waals surface area contributed by atoms with E-state index in [4.69, 9.17) is 0 Å². The molecule has 2 aliphatic rings. The van der Waals surface area contributed by atoms with E-state index in [1.807, 2.05) is 13.8 Å². The second-order valence-corrected chi connectivity index (χ2v) is 8.77. The van der Waals surface area contributed by atoms with Crippen molar-refractivity contribution in [2.45, 2.75) is 78.7 Å². The highest BCUT2D eigenvalue weighted by molar-refractivity contribution is 5.82. The van der Waals surface area contributed by atoms with Crippen LogP contribution in [0.1, 0.15) is 72.6 Å². The number of amides is 1. The van der Waals surface area contributed by atoms with Crippen molar-refractivity contribution in [1.82, 2.24) is 9.80 Å².